The molecule has 2 atom stereocenters. The van der Waals surface area contributed by atoms with Crippen LogP contribution >= 0.6 is 0 Å². The topological polar surface area (TPSA) is 23.8 Å². The van der Waals surface area contributed by atoms with Gasteiger partial charge in [0.05, 0.1) is 0 Å². The highest BCUT2D eigenvalue weighted by Gasteiger charge is 2.35. The van der Waals surface area contributed by atoms with Gasteiger partial charge in [0.25, 0.3) is 0 Å². The Hall–Kier alpha value is -0.820. The Labute approximate surface area is 60.9 Å². The maximum atomic E-state index is 7.39. The molecular formula is C9H10N. The number of nitrogens with one attached hydrogen (secondary N) is 1. The summed E-state index contributed by atoms with van der Waals surface area (Å²) in [5.41, 5.74) is 8.72. The average Bonchev–Trinajstić information content (AvgIpc) is 2.69. The fraction of sp³-hybridized carbons (Fsp3) is 0.333. The molecule has 1 aromatic rings. The van der Waals surface area contributed by atoms with Gasteiger partial charge in [-0.3, -0.25) is 5.73 Å². The molecule has 1 aromatic carbocycles. The van der Waals surface area contributed by atoms with E-state index in [-0.39, 0.29) is 6.04 Å². The minimum atomic E-state index is 0.183. The van der Waals surface area contributed by atoms with Crippen LogP contribution in [0.4, 0.5) is 0 Å². The van der Waals surface area contributed by atoms with Gasteiger partial charge in [-0.2, -0.15) is 0 Å². The lowest BCUT2D eigenvalue weighted by Crippen LogP contribution is -1.86. The van der Waals surface area contributed by atoms with E-state index in [0.29, 0.717) is 5.92 Å². The largest absolute Gasteiger partial charge is 0.254 e. The number of hydrogen-bond donors (Lipinski definition) is 0. The average molecular weight is 132 g/mol. The Morgan fingerprint density at radius 1 is 1.20 bits per heavy atom. The lowest BCUT2D eigenvalue weighted by Gasteiger charge is -1.94. The summed E-state index contributed by atoms with van der Waals surface area (Å²) in [5.74, 6) is 0.543. The predicted molar refractivity (Wildman–Crippen MR) is 40.7 cm³/mol. The van der Waals surface area contributed by atoms with Crippen LogP contribution < -0.4 is 5.73 Å². The maximum absolute atomic E-state index is 7.39. The SMILES string of the molecule is [NH][C@@H]1C[C@H]1c1ccccc1. The Morgan fingerprint density at radius 2 is 1.80 bits per heavy atom. The van der Waals surface area contributed by atoms with Crippen LogP contribution in [0.1, 0.15) is 17.9 Å². The second-order valence-electron chi connectivity index (χ2n) is 2.86. The van der Waals surface area contributed by atoms with Crippen LogP contribution in [0.25, 0.3) is 0 Å². The third-order valence-electron chi connectivity index (χ3n) is 2.02. The zero-order valence-corrected chi connectivity index (χ0v) is 5.75. The van der Waals surface area contributed by atoms with Gasteiger partial charge < -0.3 is 0 Å². The van der Waals surface area contributed by atoms with E-state index in [2.05, 4.69) is 12.1 Å². The molecule has 0 heterocycles. The highest BCUT2D eigenvalue weighted by molar-refractivity contribution is 5.26. The van der Waals surface area contributed by atoms with E-state index in [1.807, 2.05) is 18.2 Å². The normalized spacial score (nSPS) is 30.1. The summed E-state index contributed by atoms with van der Waals surface area (Å²) < 4.78 is 0. The first-order chi connectivity index (χ1) is 4.88. The second kappa shape index (κ2) is 2.10. The highest BCUT2D eigenvalue weighted by Crippen LogP contribution is 2.39. The molecule has 51 valence electrons. The van der Waals surface area contributed by atoms with Gasteiger partial charge in [0.2, 0.25) is 0 Å². The summed E-state index contributed by atoms with van der Waals surface area (Å²) in [6, 6.07) is 10.5. The molecule has 1 aliphatic rings. The molecule has 1 radical (unpaired) electrons. The highest BCUT2D eigenvalue weighted by atomic mass is 14.7. The summed E-state index contributed by atoms with van der Waals surface area (Å²) in [6.45, 7) is 0. The Balaban J connectivity index is 2.20. The van der Waals surface area contributed by atoms with Crippen LogP contribution in [0, 0.1) is 0 Å². The fourth-order valence-corrected chi connectivity index (χ4v) is 1.26. The van der Waals surface area contributed by atoms with Crippen molar-refractivity contribution < 1.29 is 0 Å². The van der Waals surface area contributed by atoms with Crippen molar-refractivity contribution in [3.05, 3.63) is 35.9 Å². The zero-order valence-electron chi connectivity index (χ0n) is 5.75. The van der Waals surface area contributed by atoms with Gasteiger partial charge in [-0.15, -0.1) is 0 Å². The smallest absolute Gasteiger partial charge is 0.0288 e. The maximum Gasteiger partial charge on any atom is 0.0288 e. The van der Waals surface area contributed by atoms with E-state index in [4.69, 9.17) is 5.73 Å². The molecule has 0 saturated heterocycles. The molecule has 1 N–H and O–H groups in total. The Kier molecular flexibility index (Phi) is 1.24. The van der Waals surface area contributed by atoms with Crippen molar-refractivity contribution in [2.24, 2.45) is 0 Å². The molecule has 0 aromatic heterocycles. The second-order valence-corrected chi connectivity index (χ2v) is 2.86. The minimum absolute atomic E-state index is 0.183. The van der Waals surface area contributed by atoms with E-state index in [9.17, 15) is 0 Å². The van der Waals surface area contributed by atoms with E-state index in [1.54, 1.807) is 0 Å². The Morgan fingerprint density at radius 3 is 2.30 bits per heavy atom. The van der Waals surface area contributed by atoms with E-state index in [1.165, 1.54) is 5.56 Å². The van der Waals surface area contributed by atoms with Crippen LogP contribution in [-0.4, -0.2) is 6.04 Å². The van der Waals surface area contributed by atoms with Crippen molar-refractivity contribution >= 4 is 0 Å². The van der Waals surface area contributed by atoms with Gasteiger partial charge in [0, 0.05) is 12.0 Å². The fourth-order valence-electron chi connectivity index (χ4n) is 1.26. The molecule has 1 fully saturated rings. The molecular weight excluding hydrogens is 122 g/mol. The van der Waals surface area contributed by atoms with Gasteiger partial charge >= 0.3 is 0 Å². The molecule has 1 saturated carbocycles. The third-order valence-corrected chi connectivity index (χ3v) is 2.02. The van der Waals surface area contributed by atoms with Crippen molar-refractivity contribution in [1.29, 1.82) is 0 Å². The number of benzene rings is 1. The molecule has 1 aliphatic carbocycles. The van der Waals surface area contributed by atoms with Crippen molar-refractivity contribution in [3.8, 4) is 0 Å². The van der Waals surface area contributed by atoms with Crippen molar-refractivity contribution in [2.75, 3.05) is 0 Å². The first-order valence-electron chi connectivity index (χ1n) is 3.64. The molecule has 0 spiro atoms. The van der Waals surface area contributed by atoms with Crippen LogP contribution in [0.2, 0.25) is 0 Å². The molecule has 2 rings (SSSR count). The standard InChI is InChI=1S/C9H10N/c10-9-6-8(9)7-4-2-1-3-5-7/h1-5,8-10H,6H2/t8-,9+/m0/s1. The molecule has 10 heavy (non-hydrogen) atoms. The lowest BCUT2D eigenvalue weighted by molar-refractivity contribution is 0.958. The first kappa shape index (κ1) is 5.93. The van der Waals surface area contributed by atoms with Gasteiger partial charge in [0.15, 0.2) is 0 Å². The van der Waals surface area contributed by atoms with Crippen molar-refractivity contribution in [3.63, 3.8) is 0 Å². The molecule has 1 heteroatoms. The number of rotatable bonds is 1. The van der Waals surface area contributed by atoms with Crippen LogP contribution in [0.5, 0.6) is 0 Å². The summed E-state index contributed by atoms with van der Waals surface area (Å²) >= 11 is 0. The summed E-state index contributed by atoms with van der Waals surface area (Å²) in [5, 5.41) is 0. The van der Waals surface area contributed by atoms with Gasteiger partial charge in [-0.25, -0.2) is 0 Å². The lowest BCUT2D eigenvalue weighted by atomic mass is 10.1. The first-order valence-corrected chi connectivity index (χ1v) is 3.64. The monoisotopic (exact) mass is 132 g/mol. The molecule has 1 nitrogen and oxygen atoms in total. The van der Waals surface area contributed by atoms with Crippen molar-refractivity contribution in [2.45, 2.75) is 18.4 Å². The van der Waals surface area contributed by atoms with Crippen LogP contribution in [0.3, 0.4) is 0 Å². The Bertz CT molecular complexity index is 217. The molecule has 0 bridgehead atoms. The molecule has 0 aliphatic heterocycles. The molecule has 0 unspecified atom stereocenters. The molecule has 0 amide bonds. The van der Waals surface area contributed by atoms with E-state index in [0.717, 1.165) is 6.42 Å². The van der Waals surface area contributed by atoms with Crippen LogP contribution in [-0.2, 0) is 0 Å². The van der Waals surface area contributed by atoms with Crippen molar-refractivity contribution in [1.82, 2.24) is 5.73 Å². The van der Waals surface area contributed by atoms with Gasteiger partial charge in [-0.05, 0) is 12.0 Å². The third kappa shape index (κ3) is 0.929. The summed E-state index contributed by atoms with van der Waals surface area (Å²) in [6.07, 6.45) is 1.06. The van der Waals surface area contributed by atoms with E-state index < -0.39 is 0 Å². The zero-order chi connectivity index (χ0) is 6.97. The van der Waals surface area contributed by atoms with Gasteiger partial charge in [0.1, 0.15) is 0 Å². The van der Waals surface area contributed by atoms with E-state index >= 15 is 0 Å². The quantitative estimate of drug-likeness (QED) is 0.556. The van der Waals surface area contributed by atoms with Crippen LogP contribution in [0.15, 0.2) is 30.3 Å². The predicted octanol–water partition coefficient (Wildman–Crippen LogP) is 1.83. The van der Waals surface area contributed by atoms with Gasteiger partial charge in [-0.1, -0.05) is 30.3 Å². The summed E-state index contributed by atoms with van der Waals surface area (Å²) in [7, 11) is 0. The minimum Gasteiger partial charge on any atom is -0.254 e. The number of hydrogen-bond acceptors (Lipinski definition) is 0. The summed E-state index contributed by atoms with van der Waals surface area (Å²) in [4.78, 5) is 0.